The van der Waals surface area contributed by atoms with Crippen LogP contribution in [0.15, 0.2) is 11.6 Å². The summed E-state index contributed by atoms with van der Waals surface area (Å²) in [7, 11) is 0. The van der Waals surface area contributed by atoms with Gasteiger partial charge in [-0.1, -0.05) is 39.3 Å². The van der Waals surface area contributed by atoms with Gasteiger partial charge in [0.15, 0.2) is 18.9 Å². The molecule has 0 aromatic heterocycles. The van der Waals surface area contributed by atoms with Gasteiger partial charge in [-0.25, -0.2) is 0 Å². The first-order valence-corrected chi connectivity index (χ1v) is 23.1. The van der Waals surface area contributed by atoms with E-state index in [1.807, 2.05) is 13.8 Å². The molecule has 4 aliphatic carbocycles. The van der Waals surface area contributed by atoms with Gasteiger partial charge in [-0.2, -0.15) is 0 Å². The summed E-state index contributed by atoms with van der Waals surface area (Å²) in [6, 6.07) is 0. The van der Waals surface area contributed by atoms with Crippen LogP contribution in [-0.2, 0) is 33.2 Å². The predicted molar refractivity (Wildman–Crippen MR) is 221 cm³/mol. The second kappa shape index (κ2) is 18.1. The number of carbonyl (C=O) groups excluding carboxylic acids is 1. The molecule has 0 aromatic carbocycles. The number of aliphatic hydroxyl groups is 9. The number of hydrogen-bond acceptors (Lipinski definition) is 16. The fourth-order valence-corrected chi connectivity index (χ4v) is 14.0. The first kappa shape index (κ1) is 48.7. The molecule has 3 heterocycles. The molecule has 356 valence electrons. The number of hydrogen-bond donors (Lipinski definition) is 9. The average Bonchev–Trinajstić information content (AvgIpc) is 3.60. The summed E-state index contributed by atoms with van der Waals surface area (Å²) >= 11 is 0. The Morgan fingerprint density at radius 1 is 0.710 bits per heavy atom. The average molecular weight is 885 g/mol. The normalized spacial score (nSPS) is 51.3. The van der Waals surface area contributed by atoms with E-state index in [9.17, 15) is 50.8 Å². The number of fused-ring (bicyclic) bond motifs is 5. The second-order valence-electron chi connectivity index (χ2n) is 21.5. The van der Waals surface area contributed by atoms with Crippen molar-refractivity contribution in [2.75, 3.05) is 19.8 Å². The molecule has 4 saturated carbocycles. The van der Waals surface area contributed by atoms with Crippen LogP contribution in [-0.4, -0.2) is 164 Å². The number of aliphatic hydroxyl groups excluding tert-OH is 8. The molecule has 7 rings (SSSR count). The minimum absolute atomic E-state index is 0.0374. The summed E-state index contributed by atoms with van der Waals surface area (Å²) < 4.78 is 36.7. The highest BCUT2D eigenvalue weighted by atomic mass is 16.8. The van der Waals surface area contributed by atoms with Crippen LogP contribution in [0.5, 0.6) is 0 Å². The summed E-state index contributed by atoms with van der Waals surface area (Å²) in [6.07, 6.45) is -8.73. The maximum Gasteiger partial charge on any atom is 0.187 e. The van der Waals surface area contributed by atoms with E-state index in [1.165, 1.54) is 18.8 Å². The van der Waals surface area contributed by atoms with Crippen molar-refractivity contribution >= 4 is 6.29 Å². The lowest BCUT2D eigenvalue weighted by atomic mass is 9.35. The van der Waals surface area contributed by atoms with E-state index in [1.54, 1.807) is 0 Å². The van der Waals surface area contributed by atoms with Gasteiger partial charge in [-0.05, 0) is 125 Å². The molecular formula is C46H76O16. The van der Waals surface area contributed by atoms with Crippen LogP contribution in [0, 0.1) is 45.3 Å². The molecule has 3 saturated heterocycles. The quantitative estimate of drug-likeness (QED) is 0.0764. The molecule has 16 nitrogen and oxygen atoms in total. The van der Waals surface area contributed by atoms with Crippen LogP contribution in [0.2, 0.25) is 0 Å². The van der Waals surface area contributed by atoms with E-state index in [0.717, 1.165) is 38.5 Å². The standard InChI is InChI=1S/C46H76O16/c1-23(2)9-8-15-46(56,22-48)26-12-16-43(6)25(26)10-11-30-44(43,7)17-13-29-42(4,5)31(14-18-45(29,30)21-47)60-41-38(62-40-36(55)34(53)32(51)24(3)59-40)37(28(50)20-58-41)61-39-35(54)33(52)27(49)19-57-39/h9,21,24-41,48-56H,8,10-20,22H2,1-7H3. The highest BCUT2D eigenvalue weighted by molar-refractivity contribution is 5.62. The second-order valence-corrected chi connectivity index (χ2v) is 21.5. The fraction of sp³-hybridized carbons (Fsp3) is 0.935. The Kier molecular flexibility index (Phi) is 14.3. The van der Waals surface area contributed by atoms with Crippen LogP contribution in [0.1, 0.15) is 113 Å². The van der Waals surface area contributed by atoms with Gasteiger partial charge in [0, 0.05) is 5.41 Å². The van der Waals surface area contributed by atoms with E-state index in [4.69, 9.17) is 28.4 Å². The molecule has 7 aliphatic rings. The van der Waals surface area contributed by atoms with Crippen molar-refractivity contribution in [3.05, 3.63) is 11.6 Å². The molecule has 0 amide bonds. The third-order valence-electron chi connectivity index (χ3n) is 17.8. The van der Waals surface area contributed by atoms with Crippen molar-refractivity contribution in [1.29, 1.82) is 0 Å². The van der Waals surface area contributed by atoms with Crippen molar-refractivity contribution in [3.63, 3.8) is 0 Å². The summed E-state index contributed by atoms with van der Waals surface area (Å²) in [5.41, 5.74) is -1.59. The lowest BCUT2D eigenvalue weighted by Crippen LogP contribution is -2.67. The zero-order valence-corrected chi connectivity index (χ0v) is 37.6. The summed E-state index contributed by atoms with van der Waals surface area (Å²) in [4.78, 5) is 13.9. The topological polar surface area (TPSA) is 255 Å². The molecule has 0 radical (unpaired) electrons. The zero-order chi connectivity index (χ0) is 45.3. The van der Waals surface area contributed by atoms with E-state index in [-0.39, 0.29) is 54.3 Å². The molecular weight excluding hydrogens is 808 g/mol. The molecule has 7 fully saturated rings. The highest BCUT2D eigenvalue weighted by Crippen LogP contribution is 2.75. The summed E-state index contributed by atoms with van der Waals surface area (Å²) in [6.45, 7) is 13.6. The van der Waals surface area contributed by atoms with Gasteiger partial charge in [0.1, 0.15) is 61.2 Å². The van der Waals surface area contributed by atoms with Crippen molar-refractivity contribution in [1.82, 2.24) is 0 Å². The summed E-state index contributed by atoms with van der Waals surface area (Å²) in [5, 5.41) is 97.3. The number of rotatable bonds is 12. The molecule has 0 bridgehead atoms. The van der Waals surface area contributed by atoms with Gasteiger partial charge in [-0.15, -0.1) is 0 Å². The molecule has 0 aromatic rings. The van der Waals surface area contributed by atoms with E-state index in [2.05, 4.69) is 33.8 Å². The molecule has 22 atom stereocenters. The number of ether oxygens (including phenoxy) is 6. The zero-order valence-electron chi connectivity index (χ0n) is 37.6. The van der Waals surface area contributed by atoms with Gasteiger partial charge in [0.2, 0.25) is 0 Å². The fourth-order valence-electron chi connectivity index (χ4n) is 14.0. The Bertz CT molecular complexity index is 1590. The lowest BCUT2D eigenvalue weighted by Gasteiger charge is -2.69. The van der Waals surface area contributed by atoms with E-state index in [0.29, 0.717) is 25.7 Å². The van der Waals surface area contributed by atoms with Gasteiger partial charge in [-0.3, -0.25) is 0 Å². The SMILES string of the molecule is CC(C)=CCCC(O)(CO)C1CCC2(C)C1CCC1C3(C=O)CCC(OC4OCC(O)C(OC5OCC(O)C(O)C5O)C4OC4OC(C)C(O)C(O)C4O)C(C)(C)C3CCC12C. The molecule has 62 heavy (non-hydrogen) atoms. The predicted octanol–water partition coefficient (Wildman–Crippen LogP) is 1.46. The summed E-state index contributed by atoms with van der Waals surface area (Å²) in [5.74, 6) is 0.169. The van der Waals surface area contributed by atoms with Crippen LogP contribution in [0.25, 0.3) is 0 Å². The number of aldehydes is 1. The first-order valence-electron chi connectivity index (χ1n) is 23.1. The van der Waals surface area contributed by atoms with Crippen molar-refractivity contribution in [2.24, 2.45) is 45.3 Å². The Balaban J connectivity index is 1.13. The Labute approximate surface area is 365 Å². The van der Waals surface area contributed by atoms with Gasteiger partial charge in [0.05, 0.1) is 37.6 Å². The molecule has 3 aliphatic heterocycles. The van der Waals surface area contributed by atoms with Crippen LogP contribution in [0.3, 0.4) is 0 Å². The van der Waals surface area contributed by atoms with Crippen LogP contribution >= 0.6 is 0 Å². The van der Waals surface area contributed by atoms with E-state index < -0.39 is 102 Å². The largest absolute Gasteiger partial charge is 0.393 e. The third kappa shape index (κ3) is 8.10. The van der Waals surface area contributed by atoms with Gasteiger partial charge < -0.3 is 79.2 Å². The minimum Gasteiger partial charge on any atom is -0.393 e. The maximum atomic E-state index is 13.9. The van der Waals surface area contributed by atoms with E-state index >= 15 is 0 Å². The van der Waals surface area contributed by atoms with Crippen molar-refractivity contribution < 1.29 is 79.2 Å². The van der Waals surface area contributed by atoms with Crippen molar-refractivity contribution in [3.8, 4) is 0 Å². The number of carbonyl (C=O) groups is 1. The molecule has 22 unspecified atom stereocenters. The van der Waals surface area contributed by atoms with Crippen LogP contribution in [0.4, 0.5) is 0 Å². The third-order valence-corrected chi connectivity index (χ3v) is 17.8. The highest BCUT2D eigenvalue weighted by Gasteiger charge is 2.71. The smallest absolute Gasteiger partial charge is 0.187 e. The molecule has 9 N–H and O–H groups in total. The molecule has 0 spiro atoms. The van der Waals surface area contributed by atoms with Gasteiger partial charge in [0.25, 0.3) is 0 Å². The Morgan fingerprint density at radius 3 is 2.03 bits per heavy atom. The number of allylic oxidation sites excluding steroid dienone is 2. The van der Waals surface area contributed by atoms with Crippen LogP contribution < -0.4 is 0 Å². The first-order chi connectivity index (χ1) is 29.1. The molecule has 16 heteroatoms. The van der Waals surface area contributed by atoms with Crippen molar-refractivity contribution in [2.45, 2.75) is 204 Å². The monoisotopic (exact) mass is 885 g/mol. The van der Waals surface area contributed by atoms with Gasteiger partial charge >= 0.3 is 0 Å². The Morgan fingerprint density at radius 2 is 1.35 bits per heavy atom. The minimum atomic E-state index is -1.72. The maximum absolute atomic E-state index is 13.9. The lowest BCUT2D eigenvalue weighted by molar-refractivity contribution is -0.383. The Hall–Kier alpha value is -1.19.